The van der Waals surface area contributed by atoms with Gasteiger partial charge in [0, 0.05) is 13.5 Å². The number of nitrogens with zero attached hydrogens (tertiary/aromatic N) is 1. The van der Waals surface area contributed by atoms with E-state index in [1.54, 1.807) is 12.1 Å². The number of carbonyl (C=O) groups is 2. The summed E-state index contributed by atoms with van der Waals surface area (Å²) in [4.78, 5) is 23.9. The van der Waals surface area contributed by atoms with Gasteiger partial charge in [-0.05, 0) is 37.5 Å². The molecule has 0 unspecified atom stereocenters. The maximum atomic E-state index is 13.1. The Kier molecular flexibility index (Phi) is 8.99. The van der Waals surface area contributed by atoms with Gasteiger partial charge in [0.15, 0.2) is 0 Å². The lowest BCUT2D eigenvalue weighted by Crippen LogP contribution is -2.39. The SMILES string of the molecule is C/C(O)=C(\CN(C=O)CC(C)(F)F)C(=O)NCCCc1ccc(Cl)c(Cl)c1. The van der Waals surface area contributed by atoms with E-state index in [2.05, 4.69) is 5.32 Å². The van der Waals surface area contributed by atoms with Crippen LogP contribution in [0.3, 0.4) is 0 Å². The second-order valence-corrected chi connectivity index (χ2v) is 7.07. The molecule has 27 heavy (non-hydrogen) atoms. The average Bonchev–Trinajstić information content (AvgIpc) is 2.56. The Labute approximate surface area is 166 Å². The van der Waals surface area contributed by atoms with Crippen molar-refractivity contribution >= 4 is 35.5 Å². The van der Waals surface area contributed by atoms with Gasteiger partial charge in [-0.25, -0.2) is 8.78 Å². The van der Waals surface area contributed by atoms with Crippen LogP contribution in [0.2, 0.25) is 10.0 Å². The third kappa shape index (κ3) is 8.58. The number of rotatable bonds is 10. The third-order valence-electron chi connectivity index (χ3n) is 3.61. The summed E-state index contributed by atoms with van der Waals surface area (Å²) in [5, 5.41) is 13.2. The molecular formula is C18H22Cl2F2N2O3. The largest absolute Gasteiger partial charge is 0.512 e. The van der Waals surface area contributed by atoms with Crippen LogP contribution in [0.15, 0.2) is 29.5 Å². The zero-order chi connectivity index (χ0) is 20.6. The Morgan fingerprint density at radius 1 is 1.33 bits per heavy atom. The quantitative estimate of drug-likeness (QED) is 0.259. The van der Waals surface area contributed by atoms with Crippen LogP contribution < -0.4 is 5.32 Å². The molecular weight excluding hydrogens is 401 g/mol. The number of carbonyl (C=O) groups excluding carboxylic acids is 2. The van der Waals surface area contributed by atoms with Crippen molar-refractivity contribution < 1.29 is 23.5 Å². The van der Waals surface area contributed by atoms with E-state index in [1.165, 1.54) is 6.92 Å². The Hall–Kier alpha value is -1.86. The van der Waals surface area contributed by atoms with E-state index in [9.17, 15) is 23.5 Å². The molecule has 0 fully saturated rings. The number of halogens is 4. The number of aliphatic hydroxyl groups is 1. The standard InChI is InChI=1S/C18H22Cl2F2N2O3/c1-12(26)14(9-24(11-25)10-18(2,21)22)17(27)23-7-3-4-13-5-6-15(19)16(20)8-13/h5-6,8,11,26H,3-4,7,9-10H2,1-2H3,(H,23,27)/b14-12-. The molecule has 0 aliphatic rings. The molecule has 1 aromatic rings. The zero-order valence-corrected chi connectivity index (χ0v) is 16.6. The summed E-state index contributed by atoms with van der Waals surface area (Å²) in [5.74, 6) is -4.05. The highest BCUT2D eigenvalue weighted by atomic mass is 35.5. The first-order valence-corrected chi connectivity index (χ1v) is 8.97. The van der Waals surface area contributed by atoms with Crippen LogP contribution in [0.1, 0.15) is 25.8 Å². The maximum absolute atomic E-state index is 13.1. The summed E-state index contributed by atoms with van der Waals surface area (Å²) in [7, 11) is 0. The van der Waals surface area contributed by atoms with Gasteiger partial charge in [0.2, 0.25) is 6.41 Å². The maximum Gasteiger partial charge on any atom is 0.262 e. The predicted octanol–water partition coefficient (Wildman–Crippen LogP) is 3.99. The van der Waals surface area contributed by atoms with Crippen LogP contribution in [0, 0.1) is 0 Å². The molecule has 2 N–H and O–H groups in total. The van der Waals surface area contributed by atoms with Gasteiger partial charge < -0.3 is 15.3 Å². The van der Waals surface area contributed by atoms with Gasteiger partial charge in [0.1, 0.15) is 0 Å². The second-order valence-electron chi connectivity index (χ2n) is 6.25. The average molecular weight is 423 g/mol. The van der Waals surface area contributed by atoms with Gasteiger partial charge in [0.05, 0.1) is 34.5 Å². The number of benzene rings is 1. The number of alkyl halides is 2. The van der Waals surface area contributed by atoms with E-state index in [1.807, 2.05) is 6.07 Å². The van der Waals surface area contributed by atoms with E-state index in [0.717, 1.165) is 10.5 Å². The van der Waals surface area contributed by atoms with Crippen molar-refractivity contribution in [2.75, 3.05) is 19.6 Å². The summed E-state index contributed by atoms with van der Waals surface area (Å²) < 4.78 is 26.2. The van der Waals surface area contributed by atoms with Crippen molar-refractivity contribution in [2.45, 2.75) is 32.6 Å². The summed E-state index contributed by atoms with van der Waals surface area (Å²) in [6.07, 6.45) is 1.45. The Morgan fingerprint density at radius 3 is 2.52 bits per heavy atom. The normalized spacial score (nSPS) is 12.4. The lowest BCUT2D eigenvalue weighted by atomic mass is 10.1. The molecule has 0 radical (unpaired) electrons. The molecule has 150 valence electrons. The number of hydrogen-bond acceptors (Lipinski definition) is 3. The molecule has 1 aromatic carbocycles. The summed E-state index contributed by atoms with van der Waals surface area (Å²) in [6, 6.07) is 5.25. The molecule has 0 aliphatic carbocycles. The number of aliphatic hydroxyl groups excluding tert-OH is 1. The summed E-state index contributed by atoms with van der Waals surface area (Å²) >= 11 is 11.8. The number of hydrogen-bond donors (Lipinski definition) is 2. The fourth-order valence-electron chi connectivity index (χ4n) is 2.34. The summed E-state index contributed by atoms with van der Waals surface area (Å²) in [6.45, 7) is 0.964. The highest BCUT2D eigenvalue weighted by molar-refractivity contribution is 6.42. The van der Waals surface area contributed by atoms with Crippen LogP contribution in [0.25, 0.3) is 0 Å². The molecule has 1 rings (SSSR count). The number of allylic oxidation sites excluding steroid dienone is 1. The van der Waals surface area contributed by atoms with E-state index in [-0.39, 0.29) is 17.7 Å². The molecule has 0 spiro atoms. The van der Waals surface area contributed by atoms with Crippen molar-refractivity contribution in [3.05, 3.63) is 45.1 Å². The molecule has 0 atom stereocenters. The first-order valence-electron chi connectivity index (χ1n) is 8.21. The molecule has 5 nitrogen and oxygen atoms in total. The Bertz CT molecular complexity index is 702. The number of aryl methyl sites for hydroxylation is 1. The van der Waals surface area contributed by atoms with Crippen molar-refractivity contribution in [1.82, 2.24) is 10.2 Å². The van der Waals surface area contributed by atoms with E-state index >= 15 is 0 Å². The first-order chi connectivity index (χ1) is 12.5. The Morgan fingerprint density at radius 2 is 2.00 bits per heavy atom. The Balaban J connectivity index is 2.57. The van der Waals surface area contributed by atoms with Gasteiger partial charge >= 0.3 is 0 Å². The lowest BCUT2D eigenvalue weighted by Gasteiger charge is -2.22. The fraction of sp³-hybridized carbons (Fsp3) is 0.444. The molecule has 0 saturated heterocycles. The minimum absolute atomic E-state index is 0.138. The molecule has 0 heterocycles. The van der Waals surface area contributed by atoms with E-state index < -0.39 is 24.9 Å². The number of nitrogens with one attached hydrogen (secondary N) is 1. The molecule has 0 bridgehead atoms. The second kappa shape index (κ2) is 10.5. The predicted molar refractivity (Wildman–Crippen MR) is 101 cm³/mol. The minimum atomic E-state index is -3.11. The fourth-order valence-corrected chi connectivity index (χ4v) is 2.66. The molecule has 0 saturated carbocycles. The van der Waals surface area contributed by atoms with Crippen molar-refractivity contribution in [3.63, 3.8) is 0 Å². The zero-order valence-electron chi connectivity index (χ0n) is 15.1. The smallest absolute Gasteiger partial charge is 0.262 e. The minimum Gasteiger partial charge on any atom is -0.512 e. The number of amides is 2. The van der Waals surface area contributed by atoms with Crippen molar-refractivity contribution in [3.8, 4) is 0 Å². The highest BCUT2D eigenvalue weighted by Gasteiger charge is 2.26. The van der Waals surface area contributed by atoms with Crippen LogP contribution >= 0.6 is 23.2 Å². The first kappa shape index (κ1) is 23.2. The lowest BCUT2D eigenvalue weighted by molar-refractivity contribution is -0.123. The van der Waals surface area contributed by atoms with Crippen molar-refractivity contribution in [1.29, 1.82) is 0 Å². The topological polar surface area (TPSA) is 69.6 Å². The van der Waals surface area contributed by atoms with Crippen LogP contribution in [0.5, 0.6) is 0 Å². The van der Waals surface area contributed by atoms with Crippen LogP contribution in [-0.4, -0.2) is 47.9 Å². The molecule has 0 aromatic heterocycles. The molecule has 9 heteroatoms. The van der Waals surface area contributed by atoms with Crippen molar-refractivity contribution in [2.24, 2.45) is 0 Å². The third-order valence-corrected chi connectivity index (χ3v) is 4.35. The van der Waals surface area contributed by atoms with Gasteiger partial charge in [-0.15, -0.1) is 0 Å². The van der Waals surface area contributed by atoms with E-state index in [0.29, 0.717) is 36.4 Å². The molecule has 2 amide bonds. The van der Waals surface area contributed by atoms with Gasteiger partial charge in [-0.2, -0.15) is 0 Å². The highest BCUT2D eigenvalue weighted by Crippen LogP contribution is 2.23. The van der Waals surface area contributed by atoms with E-state index in [4.69, 9.17) is 23.2 Å². The van der Waals surface area contributed by atoms with Gasteiger partial charge in [-0.3, -0.25) is 9.59 Å². The monoisotopic (exact) mass is 422 g/mol. The summed E-state index contributed by atoms with van der Waals surface area (Å²) in [5.41, 5.74) is 0.811. The van der Waals surface area contributed by atoms with Gasteiger partial charge in [0.25, 0.3) is 11.8 Å². The van der Waals surface area contributed by atoms with Crippen LogP contribution in [-0.2, 0) is 16.0 Å². The molecule has 0 aliphatic heterocycles. The van der Waals surface area contributed by atoms with Gasteiger partial charge in [-0.1, -0.05) is 29.3 Å². The van der Waals surface area contributed by atoms with Crippen LogP contribution in [0.4, 0.5) is 8.78 Å².